The highest BCUT2D eigenvalue weighted by atomic mass is 16.6. The second kappa shape index (κ2) is 7.66. The maximum atomic E-state index is 5.74. The molecule has 6 heteroatoms. The van der Waals surface area contributed by atoms with Gasteiger partial charge in [0.15, 0.2) is 0 Å². The summed E-state index contributed by atoms with van der Waals surface area (Å²) in [5.74, 6) is 0.697. The van der Waals surface area contributed by atoms with Gasteiger partial charge >= 0.3 is 0 Å². The Bertz CT molecular complexity index is 531. The fourth-order valence-corrected chi connectivity index (χ4v) is 4.19. The molecule has 1 aromatic heterocycles. The predicted molar refractivity (Wildman–Crippen MR) is 91.7 cm³/mol. The van der Waals surface area contributed by atoms with Crippen molar-refractivity contribution in [3.63, 3.8) is 0 Å². The highest BCUT2D eigenvalue weighted by molar-refractivity contribution is 5.87. The molecule has 0 N–H and O–H groups in total. The van der Waals surface area contributed by atoms with Gasteiger partial charge in [-0.05, 0) is 12.8 Å². The lowest BCUT2D eigenvalue weighted by Crippen LogP contribution is -2.48. The summed E-state index contributed by atoms with van der Waals surface area (Å²) in [5.41, 5.74) is 2.36. The summed E-state index contributed by atoms with van der Waals surface area (Å²) in [6.45, 7) is 6.25. The predicted octanol–water partition coefficient (Wildman–Crippen LogP) is 2.52. The molecule has 0 spiro atoms. The van der Waals surface area contributed by atoms with Gasteiger partial charge in [0.05, 0.1) is 11.4 Å². The van der Waals surface area contributed by atoms with Crippen LogP contribution in [0.15, 0.2) is 22.0 Å². The molecule has 0 bridgehead atoms. The summed E-state index contributed by atoms with van der Waals surface area (Å²) in [7, 11) is 0. The van der Waals surface area contributed by atoms with Gasteiger partial charge in [-0.25, -0.2) is 0 Å². The van der Waals surface area contributed by atoms with Crippen molar-refractivity contribution in [2.45, 2.75) is 51.2 Å². The monoisotopic (exact) mass is 332 g/mol. The summed E-state index contributed by atoms with van der Waals surface area (Å²) in [6.07, 6.45) is 9.71. The summed E-state index contributed by atoms with van der Waals surface area (Å²) < 4.78 is 4.91. The lowest BCUT2D eigenvalue weighted by molar-refractivity contribution is 0.0335. The SMILES string of the molecule is c1cc(CN2CCN(C[C@@H]3CC(C4CCCCC4)=NO3)CC2)no1. The molecular formula is C18H28N4O2. The number of aromatic nitrogens is 1. The number of nitrogens with zero attached hydrogens (tertiary/aromatic N) is 4. The van der Waals surface area contributed by atoms with E-state index in [1.54, 1.807) is 6.26 Å². The lowest BCUT2D eigenvalue weighted by Gasteiger charge is -2.35. The topological polar surface area (TPSA) is 54.1 Å². The van der Waals surface area contributed by atoms with Crippen molar-refractivity contribution in [2.24, 2.45) is 11.1 Å². The zero-order valence-electron chi connectivity index (χ0n) is 14.4. The Hall–Kier alpha value is -1.40. The van der Waals surface area contributed by atoms with Crippen molar-refractivity contribution in [3.8, 4) is 0 Å². The number of hydrogen-bond donors (Lipinski definition) is 0. The molecule has 0 unspecified atom stereocenters. The van der Waals surface area contributed by atoms with Gasteiger partial charge in [-0.1, -0.05) is 29.6 Å². The van der Waals surface area contributed by atoms with Gasteiger partial charge in [0.1, 0.15) is 12.4 Å². The molecule has 1 atom stereocenters. The summed E-state index contributed by atoms with van der Waals surface area (Å²) >= 11 is 0. The molecule has 132 valence electrons. The number of oxime groups is 1. The molecule has 4 rings (SSSR count). The molecule has 2 fully saturated rings. The zero-order chi connectivity index (χ0) is 16.2. The third-order valence-electron chi connectivity index (χ3n) is 5.64. The summed E-state index contributed by atoms with van der Waals surface area (Å²) in [5, 5.41) is 8.43. The van der Waals surface area contributed by atoms with Gasteiger partial charge in [-0.15, -0.1) is 0 Å². The second-order valence-electron chi connectivity index (χ2n) is 7.42. The number of hydrogen-bond acceptors (Lipinski definition) is 6. The average Bonchev–Trinajstić information content (AvgIpc) is 3.29. The van der Waals surface area contributed by atoms with Crippen molar-refractivity contribution < 1.29 is 9.36 Å². The van der Waals surface area contributed by atoms with E-state index in [1.807, 2.05) is 6.07 Å². The maximum absolute atomic E-state index is 5.74. The van der Waals surface area contributed by atoms with E-state index in [-0.39, 0.29) is 6.10 Å². The van der Waals surface area contributed by atoms with Gasteiger partial charge < -0.3 is 9.36 Å². The first kappa shape index (κ1) is 16.1. The largest absolute Gasteiger partial charge is 0.391 e. The maximum Gasteiger partial charge on any atom is 0.145 e. The number of piperazine rings is 1. The average molecular weight is 332 g/mol. The van der Waals surface area contributed by atoms with Gasteiger partial charge in [0.25, 0.3) is 0 Å². The van der Waals surface area contributed by atoms with Gasteiger partial charge in [0.2, 0.25) is 0 Å². The minimum Gasteiger partial charge on any atom is -0.391 e. The molecule has 24 heavy (non-hydrogen) atoms. The van der Waals surface area contributed by atoms with E-state index < -0.39 is 0 Å². The Morgan fingerprint density at radius 2 is 1.83 bits per heavy atom. The molecule has 1 aromatic rings. The van der Waals surface area contributed by atoms with Crippen LogP contribution in [-0.4, -0.2) is 59.5 Å². The Labute approximate surface area is 143 Å². The highest BCUT2D eigenvalue weighted by Gasteiger charge is 2.30. The van der Waals surface area contributed by atoms with Crippen LogP contribution in [0.3, 0.4) is 0 Å². The quantitative estimate of drug-likeness (QED) is 0.829. The Balaban J connectivity index is 1.18. The molecule has 6 nitrogen and oxygen atoms in total. The molecule has 0 aromatic carbocycles. The highest BCUT2D eigenvalue weighted by Crippen LogP contribution is 2.29. The lowest BCUT2D eigenvalue weighted by atomic mass is 9.84. The van der Waals surface area contributed by atoms with Crippen LogP contribution < -0.4 is 0 Å². The minimum absolute atomic E-state index is 0.268. The minimum atomic E-state index is 0.268. The molecular weight excluding hydrogens is 304 g/mol. The van der Waals surface area contributed by atoms with Gasteiger partial charge in [-0.3, -0.25) is 9.80 Å². The van der Waals surface area contributed by atoms with Crippen LogP contribution in [0.1, 0.15) is 44.2 Å². The molecule has 0 radical (unpaired) electrons. The van der Waals surface area contributed by atoms with Gasteiger partial charge in [-0.2, -0.15) is 0 Å². The molecule has 1 saturated carbocycles. The Kier molecular flexibility index (Phi) is 5.13. The van der Waals surface area contributed by atoms with Crippen molar-refractivity contribution in [1.82, 2.24) is 15.0 Å². The molecule has 3 heterocycles. The van der Waals surface area contributed by atoms with Crippen LogP contribution in [0.4, 0.5) is 0 Å². The normalized spacial score (nSPS) is 27.2. The Morgan fingerprint density at radius 1 is 1.04 bits per heavy atom. The van der Waals surface area contributed by atoms with Crippen LogP contribution in [0.25, 0.3) is 0 Å². The van der Waals surface area contributed by atoms with Crippen LogP contribution in [0, 0.1) is 5.92 Å². The van der Waals surface area contributed by atoms with Gasteiger partial charge in [0, 0.05) is 57.7 Å². The zero-order valence-corrected chi connectivity index (χ0v) is 14.4. The number of rotatable bonds is 5. The van der Waals surface area contributed by atoms with E-state index in [4.69, 9.17) is 9.36 Å². The summed E-state index contributed by atoms with van der Waals surface area (Å²) in [4.78, 5) is 10.7. The van der Waals surface area contributed by atoms with E-state index in [0.29, 0.717) is 5.92 Å². The fraction of sp³-hybridized carbons (Fsp3) is 0.778. The second-order valence-corrected chi connectivity index (χ2v) is 7.42. The van der Waals surface area contributed by atoms with E-state index in [0.717, 1.165) is 51.4 Å². The van der Waals surface area contributed by atoms with Crippen LogP contribution in [0.5, 0.6) is 0 Å². The fourth-order valence-electron chi connectivity index (χ4n) is 4.19. The van der Waals surface area contributed by atoms with Crippen LogP contribution >= 0.6 is 0 Å². The first-order chi connectivity index (χ1) is 11.9. The molecule has 2 aliphatic heterocycles. The van der Waals surface area contributed by atoms with Crippen molar-refractivity contribution in [1.29, 1.82) is 0 Å². The van der Waals surface area contributed by atoms with Crippen LogP contribution in [0.2, 0.25) is 0 Å². The third-order valence-corrected chi connectivity index (χ3v) is 5.64. The van der Waals surface area contributed by atoms with Crippen molar-refractivity contribution in [3.05, 3.63) is 18.0 Å². The molecule has 3 aliphatic rings. The smallest absolute Gasteiger partial charge is 0.145 e. The van der Waals surface area contributed by atoms with E-state index in [9.17, 15) is 0 Å². The first-order valence-corrected chi connectivity index (χ1v) is 9.43. The molecule has 1 aliphatic carbocycles. The van der Waals surface area contributed by atoms with Crippen LogP contribution in [-0.2, 0) is 11.4 Å². The Morgan fingerprint density at radius 3 is 2.58 bits per heavy atom. The molecule has 1 saturated heterocycles. The van der Waals surface area contributed by atoms with Crippen molar-refractivity contribution in [2.75, 3.05) is 32.7 Å². The molecule has 0 amide bonds. The third kappa shape index (κ3) is 3.98. The van der Waals surface area contributed by atoms with Crippen molar-refractivity contribution >= 4 is 5.71 Å². The van der Waals surface area contributed by atoms with E-state index in [1.165, 1.54) is 37.8 Å². The summed E-state index contributed by atoms with van der Waals surface area (Å²) in [6, 6.07) is 1.95. The standard InChI is InChI=1S/C18H28N4O2/c1-2-4-15(5-3-1)18-12-17(24-20-18)14-22-9-7-21(8-10-22)13-16-6-11-23-19-16/h6,11,15,17H,1-5,7-10,12-14H2/t17-/m0/s1. The first-order valence-electron chi connectivity index (χ1n) is 9.43. The van der Waals surface area contributed by atoms with E-state index in [2.05, 4.69) is 20.1 Å². The van der Waals surface area contributed by atoms with E-state index >= 15 is 0 Å².